The second kappa shape index (κ2) is 6.61. The number of benzene rings is 1. The van der Waals surface area contributed by atoms with E-state index >= 15 is 0 Å². The molecular weight excluding hydrogens is 258 g/mol. The average Bonchev–Trinajstić information content (AvgIpc) is 3.06. The minimum atomic E-state index is -1.25. The van der Waals surface area contributed by atoms with E-state index in [1.54, 1.807) is 0 Å². The molecule has 0 amide bonds. The zero-order chi connectivity index (χ0) is 14.6. The highest BCUT2D eigenvalue weighted by molar-refractivity contribution is 6.83. The molecular formula is C18H27NSi. The second-order valence-electron chi connectivity index (χ2n) is 6.83. The Morgan fingerprint density at radius 1 is 1.15 bits per heavy atom. The summed E-state index contributed by atoms with van der Waals surface area (Å²) in [5, 5.41) is 0. The monoisotopic (exact) mass is 285 g/mol. The third kappa shape index (κ3) is 4.51. The molecule has 0 saturated carbocycles. The van der Waals surface area contributed by atoms with Gasteiger partial charge in [-0.2, -0.15) is 0 Å². The van der Waals surface area contributed by atoms with E-state index in [1.165, 1.54) is 24.8 Å². The van der Waals surface area contributed by atoms with E-state index in [2.05, 4.69) is 73.3 Å². The molecule has 1 saturated heterocycles. The van der Waals surface area contributed by atoms with Crippen LogP contribution in [0.3, 0.4) is 0 Å². The van der Waals surface area contributed by atoms with Crippen LogP contribution >= 0.6 is 0 Å². The zero-order valence-corrected chi connectivity index (χ0v) is 14.3. The molecule has 20 heavy (non-hydrogen) atoms. The summed E-state index contributed by atoms with van der Waals surface area (Å²) in [6.07, 6.45) is 3.90. The Hall–Kier alpha value is -1.04. The quantitative estimate of drug-likeness (QED) is 0.442. The van der Waals surface area contributed by atoms with Crippen molar-refractivity contribution in [3.63, 3.8) is 0 Å². The van der Waals surface area contributed by atoms with Gasteiger partial charge in [-0.1, -0.05) is 75.7 Å². The van der Waals surface area contributed by atoms with E-state index in [4.69, 9.17) is 0 Å². The molecule has 0 bridgehead atoms. The van der Waals surface area contributed by atoms with Crippen LogP contribution in [-0.2, 0) is 6.54 Å². The Bertz CT molecular complexity index is 478. The van der Waals surface area contributed by atoms with Gasteiger partial charge in [0.05, 0.1) is 6.04 Å². The first-order chi connectivity index (χ1) is 9.51. The molecule has 1 aliphatic rings. The molecule has 0 N–H and O–H groups in total. The average molecular weight is 286 g/mol. The van der Waals surface area contributed by atoms with Gasteiger partial charge in [-0.25, -0.2) is 0 Å². The topological polar surface area (TPSA) is 3.01 Å². The number of rotatable bonds is 5. The highest BCUT2D eigenvalue weighted by Gasteiger charge is 2.45. The summed E-state index contributed by atoms with van der Waals surface area (Å²) >= 11 is 0. The molecule has 1 aromatic rings. The van der Waals surface area contributed by atoms with Gasteiger partial charge in [-0.3, -0.25) is 4.90 Å². The van der Waals surface area contributed by atoms with Gasteiger partial charge in [0, 0.05) is 12.6 Å². The van der Waals surface area contributed by atoms with Crippen LogP contribution in [0, 0.1) is 11.5 Å². The van der Waals surface area contributed by atoms with E-state index in [0.29, 0.717) is 12.1 Å². The Balaban J connectivity index is 1.99. The molecule has 1 nitrogen and oxygen atoms in total. The van der Waals surface area contributed by atoms with Crippen LogP contribution in [0.15, 0.2) is 30.3 Å². The van der Waals surface area contributed by atoms with Gasteiger partial charge in [-0.15, -0.1) is 5.54 Å². The normalized spacial score (nSPS) is 24.9. The van der Waals surface area contributed by atoms with Crippen molar-refractivity contribution >= 4 is 8.07 Å². The van der Waals surface area contributed by atoms with Crippen molar-refractivity contribution in [2.75, 3.05) is 0 Å². The molecule has 2 heteroatoms. The predicted molar refractivity (Wildman–Crippen MR) is 90.2 cm³/mol. The van der Waals surface area contributed by atoms with Crippen molar-refractivity contribution in [1.29, 1.82) is 0 Å². The molecule has 108 valence electrons. The summed E-state index contributed by atoms with van der Waals surface area (Å²) in [5.41, 5.74) is 4.96. The van der Waals surface area contributed by atoms with E-state index in [1.807, 2.05) is 0 Å². The molecule has 1 aromatic carbocycles. The number of hydrogen-bond donors (Lipinski definition) is 0. The summed E-state index contributed by atoms with van der Waals surface area (Å²) in [6, 6.07) is 12.0. The van der Waals surface area contributed by atoms with Crippen LogP contribution in [0.2, 0.25) is 19.6 Å². The van der Waals surface area contributed by atoms with Gasteiger partial charge in [0.15, 0.2) is 0 Å². The lowest BCUT2D eigenvalue weighted by Crippen LogP contribution is -2.17. The van der Waals surface area contributed by atoms with Crippen molar-refractivity contribution in [1.82, 2.24) is 4.90 Å². The van der Waals surface area contributed by atoms with Crippen molar-refractivity contribution in [3.8, 4) is 11.5 Å². The first-order valence-electron chi connectivity index (χ1n) is 7.83. The third-order valence-electron chi connectivity index (χ3n) is 3.71. The zero-order valence-electron chi connectivity index (χ0n) is 13.3. The number of unbranched alkanes of at least 4 members (excludes halogenated alkanes) is 1. The molecule has 1 unspecified atom stereocenters. The minimum absolute atomic E-state index is 0.508. The Kier molecular flexibility index (Phi) is 5.07. The summed E-state index contributed by atoms with van der Waals surface area (Å²) < 4.78 is 0. The maximum Gasteiger partial charge on any atom is 0.129 e. The second-order valence-corrected chi connectivity index (χ2v) is 11.6. The predicted octanol–water partition coefficient (Wildman–Crippen LogP) is 4.31. The van der Waals surface area contributed by atoms with Crippen LogP contribution in [0.5, 0.6) is 0 Å². The lowest BCUT2D eigenvalue weighted by Gasteiger charge is -2.04. The molecule has 0 radical (unpaired) electrons. The maximum atomic E-state index is 3.56. The Morgan fingerprint density at radius 2 is 1.85 bits per heavy atom. The SMILES string of the molecule is CCCC[C@H]1[C@H](C#C[Si](C)(C)C)N1Cc1ccccc1. The van der Waals surface area contributed by atoms with Gasteiger partial charge in [-0.05, 0) is 12.0 Å². The fraction of sp³-hybridized carbons (Fsp3) is 0.556. The Labute approximate surface area is 125 Å². The lowest BCUT2D eigenvalue weighted by molar-refractivity contribution is 0.471. The first kappa shape index (κ1) is 15.3. The van der Waals surface area contributed by atoms with E-state index in [-0.39, 0.29) is 0 Å². The highest BCUT2D eigenvalue weighted by Crippen LogP contribution is 2.34. The van der Waals surface area contributed by atoms with Gasteiger partial charge in [0.2, 0.25) is 0 Å². The molecule has 2 rings (SSSR count). The van der Waals surface area contributed by atoms with Crippen molar-refractivity contribution in [2.24, 2.45) is 0 Å². The third-order valence-corrected chi connectivity index (χ3v) is 4.61. The van der Waals surface area contributed by atoms with Crippen molar-refractivity contribution in [3.05, 3.63) is 35.9 Å². The van der Waals surface area contributed by atoms with Gasteiger partial charge in [0.1, 0.15) is 8.07 Å². The largest absolute Gasteiger partial charge is 0.279 e. The summed E-state index contributed by atoms with van der Waals surface area (Å²) in [7, 11) is -1.25. The fourth-order valence-electron chi connectivity index (χ4n) is 2.55. The molecule has 1 heterocycles. The van der Waals surface area contributed by atoms with E-state index < -0.39 is 8.07 Å². The summed E-state index contributed by atoms with van der Waals surface area (Å²) in [5.74, 6) is 3.56. The van der Waals surface area contributed by atoms with Crippen LogP contribution in [0.25, 0.3) is 0 Å². The smallest absolute Gasteiger partial charge is 0.129 e. The standard InChI is InChI=1S/C18H27NSi/c1-5-6-12-17-18(13-14-20(2,3)4)19(17)15-16-10-8-7-9-11-16/h7-11,17-18H,5-6,12,15H2,1-4H3/t17-,18-,19?/m0/s1. The highest BCUT2D eigenvalue weighted by atomic mass is 28.3. The number of hydrogen-bond acceptors (Lipinski definition) is 1. The summed E-state index contributed by atoms with van der Waals surface area (Å²) in [4.78, 5) is 2.57. The number of nitrogens with zero attached hydrogens (tertiary/aromatic N) is 1. The molecule has 0 aliphatic carbocycles. The van der Waals surface area contributed by atoms with Crippen LogP contribution in [0.4, 0.5) is 0 Å². The Morgan fingerprint density at radius 3 is 2.45 bits per heavy atom. The van der Waals surface area contributed by atoms with Gasteiger partial charge >= 0.3 is 0 Å². The molecule has 0 aromatic heterocycles. The summed E-state index contributed by atoms with van der Waals surface area (Å²) in [6.45, 7) is 10.3. The molecule has 1 aliphatic heterocycles. The fourth-order valence-corrected chi connectivity index (χ4v) is 3.13. The van der Waals surface area contributed by atoms with Crippen molar-refractivity contribution < 1.29 is 0 Å². The molecule has 1 fully saturated rings. The molecule has 3 atom stereocenters. The lowest BCUT2D eigenvalue weighted by atomic mass is 10.1. The van der Waals surface area contributed by atoms with Gasteiger partial charge < -0.3 is 0 Å². The van der Waals surface area contributed by atoms with Crippen molar-refractivity contribution in [2.45, 2.75) is 64.5 Å². The van der Waals surface area contributed by atoms with Crippen LogP contribution in [-0.4, -0.2) is 25.1 Å². The minimum Gasteiger partial charge on any atom is -0.279 e. The van der Waals surface area contributed by atoms with Crippen LogP contribution < -0.4 is 0 Å². The van der Waals surface area contributed by atoms with E-state index in [9.17, 15) is 0 Å². The van der Waals surface area contributed by atoms with E-state index in [0.717, 1.165) is 6.54 Å². The molecule has 0 spiro atoms. The first-order valence-corrected chi connectivity index (χ1v) is 11.3. The van der Waals surface area contributed by atoms with Crippen LogP contribution in [0.1, 0.15) is 31.7 Å². The maximum absolute atomic E-state index is 3.56. The van der Waals surface area contributed by atoms with Gasteiger partial charge in [0.25, 0.3) is 0 Å².